The number of halogens is 3. The van der Waals surface area contributed by atoms with E-state index in [4.69, 9.17) is 21.3 Å². The highest BCUT2D eigenvalue weighted by Crippen LogP contribution is 2.46. The number of rotatable bonds is 12. The number of carbonyl (C=O) groups excluding carboxylic acids is 1. The van der Waals surface area contributed by atoms with Gasteiger partial charge in [-0.1, -0.05) is 42.5 Å². The molecule has 5 atom stereocenters. The molecule has 1 N–H and O–H groups in total. The number of carbonyl (C=O) groups is 1. The molecule has 0 aliphatic carbocycles. The number of cyclic esters (lactones) is 1. The maximum atomic E-state index is 14.1. The van der Waals surface area contributed by atoms with Crippen molar-refractivity contribution in [1.29, 1.82) is 0 Å². The second kappa shape index (κ2) is 14.7. The highest BCUT2D eigenvalue weighted by Gasteiger charge is 2.42. The Balaban J connectivity index is 1.45. The van der Waals surface area contributed by atoms with Gasteiger partial charge in [-0.2, -0.15) is 0 Å². The average molecular weight is 641 g/mol. The van der Waals surface area contributed by atoms with E-state index in [0.29, 0.717) is 22.9 Å². The summed E-state index contributed by atoms with van der Waals surface area (Å²) < 4.78 is 32.9. The lowest BCUT2D eigenvalue weighted by Gasteiger charge is -2.36. The monoisotopic (exact) mass is 640 g/mol. The molecule has 2 unspecified atom stereocenters. The summed E-state index contributed by atoms with van der Waals surface area (Å²) in [7, 11) is 1.72. The van der Waals surface area contributed by atoms with Crippen LogP contribution in [-0.4, -0.2) is 60.6 Å². The molecule has 1 aromatic rings. The lowest BCUT2D eigenvalue weighted by atomic mass is 9.89. The number of allylic oxidation sites excluding steroid dienone is 4. The first-order chi connectivity index (χ1) is 21.3. The molecule has 234 valence electrons. The number of fused-ring (bicyclic) bond motifs is 1. The van der Waals surface area contributed by atoms with Crippen molar-refractivity contribution >= 4 is 40.9 Å². The van der Waals surface area contributed by atoms with Crippen LogP contribution in [0.5, 0.6) is 0 Å². The van der Waals surface area contributed by atoms with Gasteiger partial charge in [-0.3, -0.25) is 14.8 Å². The van der Waals surface area contributed by atoms with Crippen molar-refractivity contribution in [1.82, 2.24) is 10.2 Å². The smallest absolute Gasteiger partial charge is 0.309 e. The highest BCUT2D eigenvalue weighted by molar-refractivity contribution is 8.03. The first-order valence-corrected chi connectivity index (χ1v) is 16.5. The fraction of sp³-hybridized carbons (Fsp3) is 0.441. The van der Waals surface area contributed by atoms with Gasteiger partial charge in [0.2, 0.25) is 0 Å². The third-order valence-electron chi connectivity index (χ3n) is 8.30. The lowest BCUT2D eigenvalue weighted by Crippen LogP contribution is -2.40. The van der Waals surface area contributed by atoms with Crippen LogP contribution in [0.15, 0.2) is 87.5 Å². The number of hydrogen-bond acceptors (Lipinski definition) is 7. The van der Waals surface area contributed by atoms with E-state index >= 15 is 0 Å². The summed E-state index contributed by atoms with van der Waals surface area (Å²) in [6.45, 7) is 7.84. The van der Waals surface area contributed by atoms with Gasteiger partial charge in [0.1, 0.15) is 23.9 Å². The molecule has 44 heavy (non-hydrogen) atoms. The Morgan fingerprint density at radius 3 is 2.93 bits per heavy atom. The first-order valence-electron chi connectivity index (χ1n) is 15.1. The van der Waals surface area contributed by atoms with Crippen LogP contribution in [0.4, 0.5) is 8.78 Å². The number of alkyl halides is 1. The van der Waals surface area contributed by atoms with Crippen LogP contribution in [0.25, 0.3) is 0 Å². The molecule has 4 aliphatic heterocycles. The summed E-state index contributed by atoms with van der Waals surface area (Å²) in [5, 5.41) is 5.67. The molecule has 10 heteroatoms. The molecule has 0 spiro atoms. The normalized spacial score (nSPS) is 26.2. The van der Waals surface area contributed by atoms with Gasteiger partial charge in [0, 0.05) is 47.9 Å². The summed E-state index contributed by atoms with van der Waals surface area (Å²) in [6.07, 6.45) is 12.4. The molecule has 0 bridgehead atoms. The van der Waals surface area contributed by atoms with Gasteiger partial charge in [-0.05, 0) is 74.4 Å². The number of aliphatic imine (C=N–C) groups is 2. The molecule has 0 saturated carbocycles. The van der Waals surface area contributed by atoms with Crippen LogP contribution in [-0.2, 0) is 9.53 Å². The highest BCUT2D eigenvalue weighted by atomic mass is 35.5. The molecule has 2 saturated heterocycles. The number of nitrogens with zero attached hydrogens (tertiary/aromatic N) is 3. The summed E-state index contributed by atoms with van der Waals surface area (Å²) >= 11 is 8.32. The number of nitrogens with one attached hydrogen (secondary N) is 1. The van der Waals surface area contributed by atoms with Gasteiger partial charge in [0.25, 0.3) is 0 Å². The molecule has 4 aliphatic rings. The fourth-order valence-electron chi connectivity index (χ4n) is 6.05. The molecule has 0 amide bonds. The molecule has 4 heterocycles. The Kier molecular flexibility index (Phi) is 10.8. The zero-order valence-corrected chi connectivity index (χ0v) is 26.7. The average Bonchev–Trinajstić information content (AvgIpc) is 3.72. The number of benzene rings is 1. The molecule has 5 rings (SSSR count). The summed E-state index contributed by atoms with van der Waals surface area (Å²) in [5.41, 5.74) is 4.32. The minimum Gasteiger partial charge on any atom is -0.465 e. The zero-order chi connectivity index (χ0) is 31.2. The fourth-order valence-corrected chi connectivity index (χ4v) is 7.29. The van der Waals surface area contributed by atoms with Gasteiger partial charge in [-0.15, -0.1) is 11.8 Å². The van der Waals surface area contributed by atoms with Crippen LogP contribution in [0, 0.1) is 17.7 Å². The standard InChI is InChI=1S/C34H39ClF2N4O2S/c1-21-13-17-44-32(21)33-40-31(26-10-9-25(37)19-27(26)35)30(28(38-3)8-4-6-22(2)36)29-18-23(20-41(29)33)11-15-39-14-5-7-24-12-16-43-34(24)42/h4,8-11,13,15,17,19,22-24,31-32,39H,1,5-7,12,14,16,18,20H2,2-3H3/b8-4-,15-11+,38-28?/t22?,23-,24-,31-,32?/m0/s1. The number of hydrogen-bond donors (Lipinski definition) is 1. The number of thioether (sulfide) groups is 1. The van der Waals surface area contributed by atoms with Crippen molar-refractivity contribution in [3.8, 4) is 0 Å². The minimum absolute atomic E-state index is 0.0199. The molecular weight excluding hydrogens is 602 g/mol. The van der Waals surface area contributed by atoms with E-state index < -0.39 is 18.0 Å². The Bertz CT molecular complexity index is 1450. The molecule has 2 fully saturated rings. The van der Waals surface area contributed by atoms with Crippen LogP contribution in [0.2, 0.25) is 5.02 Å². The Labute approximate surface area is 267 Å². The SMILES string of the molecule is C=C1C=CSC1C1=N[C@@H](c2ccc(F)cc2Cl)C(C(/C=C\CC(C)F)=NC)=C2C[C@H](/C=C/NCCC[C@H]3CCOC3=O)CN12. The van der Waals surface area contributed by atoms with Crippen molar-refractivity contribution in [2.24, 2.45) is 21.8 Å². The number of esters is 1. The van der Waals surface area contributed by atoms with Crippen molar-refractivity contribution in [2.45, 2.75) is 56.5 Å². The molecule has 0 aromatic heterocycles. The Morgan fingerprint density at radius 1 is 1.41 bits per heavy atom. The van der Waals surface area contributed by atoms with Crippen molar-refractivity contribution in [2.75, 3.05) is 26.7 Å². The van der Waals surface area contributed by atoms with E-state index in [0.717, 1.165) is 61.5 Å². The van der Waals surface area contributed by atoms with E-state index in [2.05, 4.69) is 27.9 Å². The largest absolute Gasteiger partial charge is 0.465 e. The molecule has 0 radical (unpaired) electrons. The third-order valence-corrected chi connectivity index (χ3v) is 9.71. The van der Waals surface area contributed by atoms with Gasteiger partial charge in [0.05, 0.1) is 23.5 Å². The van der Waals surface area contributed by atoms with Crippen LogP contribution < -0.4 is 5.32 Å². The summed E-state index contributed by atoms with van der Waals surface area (Å²) in [5.74, 6) is 0.601. The van der Waals surface area contributed by atoms with Crippen molar-refractivity contribution in [3.63, 3.8) is 0 Å². The topological polar surface area (TPSA) is 66.3 Å². The second-order valence-corrected chi connectivity index (χ2v) is 12.9. The van der Waals surface area contributed by atoms with Gasteiger partial charge < -0.3 is 15.0 Å². The molecule has 1 aromatic carbocycles. The van der Waals surface area contributed by atoms with Crippen LogP contribution >= 0.6 is 23.4 Å². The third kappa shape index (κ3) is 7.37. The number of ether oxygens (including phenoxy) is 1. The maximum Gasteiger partial charge on any atom is 0.309 e. The van der Waals surface area contributed by atoms with Crippen molar-refractivity contribution < 1.29 is 18.3 Å². The van der Waals surface area contributed by atoms with E-state index in [1.54, 1.807) is 31.0 Å². The second-order valence-electron chi connectivity index (χ2n) is 11.5. The zero-order valence-electron chi connectivity index (χ0n) is 25.1. The predicted octanol–water partition coefficient (Wildman–Crippen LogP) is 7.52. The van der Waals surface area contributed by atoms with Crippen LogP contribution in [0.1, 0.15) is 50.6 Å². The minimum atomic E-state index is -0.977. The Morgan fingerprint density at radius 2 is 2.25 bits per heavy atom. The Hall–Kier alpha value is -3.17. The van der Waals surface area contributed by atoms with E-state index in [-0.39, 0.29) is 29.5 Å². The van der Waals surface area contributed by atoms with Crippen molar-refractivity contribution in [3.05, 3.63) is 93.9 Å². The van der Waals surface area contributed by atoms with Crippen LogP contribution in [0.3, 0.4) is 0 Å². The maximum absolute atomic E-state index is 14.1. The van der Waals surface area contributed by atoms with Gasteiger partial charge >= 0.3 is 5.97 Å². The molecule has 6 nitrogen and oxygen atoms in total. The number of amidine groups is 1. The van der Waals surface area contributed by atoms with Gasteiger partial charge in [-0.25, -0.2) is 8.78 Å². The van der Waals surface area contributed by atoms with Gasteiger partial charge in [0.15, 0.2) is 0 Å². The van der Waals surface area contributed by atoms with E-state index in [1.165, 1.54) is 19.1 Å². The summed E-state index contributed by atoms with van der Waals surface area (Å²) in [6, 6.07) is 3.89. The van der Waals surface area contributed by atoms with E-state index in [1.807, 2.05) is 23.8 Å². The molecular formula is C34H39ClF2N4O2S. The first kappa shape index (κ1) is 32.2. The lowest BCUT2D eigenvalue weighted by molar-refractivity contribution is -0.141. The quantitative estimate of drug-likeness (QED) is 0.145. The summed E-state index contributed by atoms with van der Waals surface area (Å²) in [4.78, 5) is 23.9. The van der Waals surface area contributed by atoms with E-state index in [9.17, 15) is 13.6 Å². The predicted molar refractivity (Wildman–Crippen MR) is 176 cm³/mol.